The van der Waals surface area contributed by atoms with Crippen molar-refractivity contribution in [1.82, 2.24) is 0 Å². The third-order valence-corrected chi connectivity index (χ3v) is 7.71. The van der Waals surface area contributed by atoms with E-state index in [9.17, 15) is 17.6 Å². The minimum absolute atomic E-state index is 0.0296. The number of amides is 1. The Morgan fingerprint density at radius 2 is 1.66 bits per heavy atom. The molecule has 1 aliphatic heterocycles. The highest BCUT2D eigenvalue weighted by atomic mass is 32.2. The van der Waals surface area contributed by atoms with Crippen LogP contribution in [-0.4, -0.2) is 28.5 Å². The summed E-state index contributed by atoms with van der Waals surface area (Å²) in [6.07, 6.45) is -0.291. The zero-order chi connectivity index (χ0) is 22.9. The Kier molecular flexibility index (Phi) is 5.88. The second-order valence-corrected chi connectivity index (χ2v) is 9.49. The number of sulfone groups is 1. The van der Waals surface area contributed by atoms with Gasteiger partial charge in [-0.3, -0.25) is 4.79 Å². The topological polar surface area (TPSA) is 72.9 Å². The van der Waals surface area contributed by atoms with Gasteiger partial charge in [0.1, 0.15) is 5.82 Å². The van der Waals surface area contributed by atoms with Crippen LogP contribution in [0.2, 0.25) is 0 Å². The molecule has 0 spiro atoms. The third kappa shape index (κ3) is 3.82. The first-order chi connectivity index (χ1) is 15.4. The summed E-state index contributed by atoms with van der Waals surface area (Å²) < 4.78 is 52.2. The molecule has 4 rings (SSSR count). The predicted octanol–water partition coefficient (Wildman–Crippen LogP) is 4.29. The van der Waals surface area contributed by atoms with Crippen LogP contribution >= 0.6 is 0 Å². The maximum Gasteiger partial charge on any atom is 0.229 e. The van der Waals surface area contributed by atoms with E-state index in [2.05, 4.69) is 0 Å². The minimum atomic E-state index is -3.94. The molecule has 3 aromatic rings. The third-order valence-electron chi connectivity index (χ3n) is 5.56. The molecule has 0 aromatic heterocycles. The van der Waals surface area contributed by atoms with Crippen LogP contribution in [0.5, 0.6) is 11.5 Å². The molecule has 0 bridgehead atoms. The SMILES string of the molecule is COc1ccc([C@H]2CC(=O)N(Cc3ccccc3F)c3ccccc3S2(=O)=O)cc1OC. The molecule has 1 heterocycles. The molecule has 6 nitrogen and oxygen atoms in total. The number of carbonyl (C=O) groups is 1. The van der Waals surface area contributed by atoms with Crippen molar-refractivity contribution in [2.24, 2.45) is 0 Å². The number of hydrogen-bond acceptors (Lipinski definition) is 5. The first-order valence-electron chi connectivity index (χ1n) is 9.95. The molecule has 166 valence electrons. The van der Waals surface area contributed by atoms with Gasteiger partial charge < -0.3 is 14.4 Å². The van der Waals surface area contributed by atoms with E-state index in [1.54, 1.807) is 54.6 Å². The number of carbonyl (C=O) groups excluding carboxylic acids is 1. The van der Waals surface area contributed by atoms with Crippen LogP contribution in [0.3, 0.4) is 0 Å². The molecular weight excluding hydrogens is 433 g/mol. The van der Waals surface area contributed by atoms with Crippen molar-refractivity contribution in [3.05, 3.63) is 83.7 Å². The maximum absolute atomic E-state index is 14.3. The first-order valence-corrected chi connectivity index (χ1v) is 11.5. The normalized spacial score (nSPS) is 17.4. The average Bonchev–Trinajstić information content (AvgIpc) is 2.88. The maximum atomic E-state index is 14.3. The Bertz CT molecular complexity index is 1270. The number of benzene rings is 3. The molecule has 0 saturated heterocycles. The second kappa shape index (κ2) is 8.63. The number of halogens is 1. The Morgan fingerprint density at radius 1 is 0.969 bits per heavy atom. The van der Waals surface area contributed by atoms with Crippen molar-refractivity contribution in [2.75, 3.05) is 19.1 Å². The van der Waals surface area contributed by atoms with Crippen molar-refractivity contribution in [3.8, 4) is 11.5 Å². The van der Waals surface area contributed by atoms with Crippen LogP contribution in [0, 0.1) is 5.82 Å². The summed E-state index contributed by atoms with van der Waals surface area (Å²) in [5.41, 5.74) is 0.958. The smallest absolute Gasteiger partial charge is 0.229 e. The summed E-state index contributed by atoms with van der Waals surface area (Å²) in [5.74, 6) is -0.0496. The lowest BCUT2D eigenvalue weighted by atomic mass is 10.1. The Morgan fingerprint density at radius 3 is 2.38 bits per heavy atom. The van der Waals surface area contributed by atoms with Crippen molar-refractivity contribution in [2.45, 2.75) is 23.1 Å². The molecular formula is C24H22FNO5S. The fourth-order valence-corrected chi connectivity index (χ4v) is 5.82. The number of nitrogens with zero attached hydrogens (tertiary/aromatic N) is 1. The highest BCUT2D eigenvalue weighted by molar-refractivity contribution is 7.92. The predicted molar refractivity (Wildman–Crippen MR) is 118 cm³/mol. The highest BCUT2D eigenvalue weighted by Crippen LogP contribution is 2.43. The quantitative estimate of drug-likeness (QED) is 0.574. The summed E-state index contributed by atoms with van der Waals surface area (Å²) in [6, 6.07) is 17.3. The van der Waals surface area contributed by atoms with E-state index in [1.807, 2.05) is 0 Å². The lowest BCUT2D eigenvalue weighted by Gasteiger charge is -2.22. The number of hydrogen-bond donors (Lipinski definition) is 0. The molecule has 0 saturated carbocycles. The number of anilines is 1. The van der Waals surface area contributed by atoms with E-state index in [-0.39, 0.29) is 23.5 Å². The van der Waals surface area contributed by atoms with Gasteiger partial charge in [0.2, 0.25) is 5.91 Å². The van der Waals surface area contributed by atoms with Gasteiger partial charge in [0.05, 0.1) is 36.6 Å². The fourth-order valence-electron chi connectivity index (χ4n) is 3.91. The Labute approximate surface area is 186 Å². The number of fused-ring (bicyclic) bond motifs is 1. The van der Waals surface area contributed by atoms with Gasteiger partial charge in [0, 0.05) is 12.0 Å². The van der Waals surface area contributed by atoms with Crippen molar-refractivity contribution in [1.29, 1.82) is 0 Å². The van der Waals surface area contributed by atoms with Crippen LogP contribution in [0.4, 0.5) is 10.1 Å². The Hall–Kier alpha value is -3.39. The van der Waals surface area contributed by atoms with Gasteiger partial charge >= 0.3 is 0 Å². The van der Waals surface area contributed by atoms with Crippen molar-refractivity contribution >= 4 is 21.4 Å². The minimum Gasteiger partial charge on any atom is -0.493 e. The van der Waals surface area contributed by atoms with Crippen molar-refractivity contribution < 1.29 is 27.1 Å². The standard InChI is InChI=1S/C24H22FNO5S/c1-30-20-12-11-16(13-21(20)31-2)23-14-24(27)26(15-17-7-3-4-8-18(17)25)19-9-5-6-10-22(19)32(23,28)29/h3-13,23H,14-15H2,1-2H3/t23-/m1/s1. The van der Waals surface area contributed by atoms with E-state index >= 15 is 0 Å². The summed E-state index contributed by atoms with van der Waals surface area (Å²) in [6.45, 7) is -0.0727. The largest absolute Gasteiger partial charge is 0.493 e. The summed E-state index contributed by atoms with van der Waals surface area (Å²) in [5, 5.41) is -1.12. The molecule has 0 aliphatic carbocycles. The van der Waals surface area contributed by atoms with Gasteiger partial charge in [-0.2, -0.15) is 0 Å². The van der Waals surface area contributed by atoms with E-state index in [0.29, 0.717) is 22.6 Å². The van der Waals surface area contributed by atoms with E-state index in [4.69, 9.17) is 9.47 Å². The molecule has 3 aromatic carbocycles. The van der Waals surface area contributed by atoms with Gasteiger partial charge in [0.25, 0.3) is 0 Å². The number of ether oxygens (including phenoxy) is 2. The van der Waals surface area contributed by atoms with Gasteiger partial charge in [-0.15, -0.1) is 0 Å². The molecule has 0 fully saturated rings. The summed E-state index contributed by atoms with van der Waals surface area (Å²) in [7, 11) is -0.993. The van der Waals surface area contributed by atoms with E-state index in [1.165, 1.54) is 31.3 Å². The van der Waals surface area contributed by atoms with E-state index < -0.39 is 26.8 Å². The molecule has 0 unspecified atom stereocenters. The monoisotopic (exact) mass is 455 g/mol. The van der Waals surface area contributed by atoms with Gasteiger partial charge in [-0.25, -0.2) is 12.8 Å². The average molecular weight is 456 g/mol. The summed E-state index contributed by atoms with van der Waals surface area (Å²) in [4.78, 5) is 14.7. The van der Waals surface area contributed by atoms with Crippen molar-refractivity contribution in [3.63, 3.8) is 0 Å². The molecule has 1 amide bonds. The molecule has 8 heteroatoms. The lowest BCUT2D eigenvalue weighted by molar-refractivity contribution is -0.118. The van der Waals surface area contributed by atoms with Crippen LogP contribution in [0.25, 0.3) is 0 Å². The molecule has 0 N–H and O–H groups in total. The lowest BCUT2D eigenvalue weighted by Crippen LogP contribution is -2.30. The van der Waals surface area contributed by atoms with Crippen LogP contribution in [0.15, 0.2) is 71.6 Å². The molecule has 1 aliphatic rings. The molecule has 0 radical (unpaired) electrons. The summed E-state index contributed by atoms with van der Waals surface area (Å²) >= 11 is 0. The first kappa shape index (κ1) is 21.8. The number of para-hydroxylation sites is 1. The zero-order valence-corrected chi connectivity index (χ0v) is 18.4. The molecule has 32 heavy (non-hydrogen) atoms. The molecule has 1 atom stereocenters. The van der Waals surface area contributed by atoms with E-state index in [0.717, 1.165) is 0 Å². The fraction of sp³-hybridized carbons (Fsp3) is 0.208. The zero-order valence-electron chi connectivity index (χ0n) is 17.6. The van der Waals surface area contributed by atoms with Crippen LogP contribution < -0.4 is 14.4 Å². The second-order valence-electron chi connectivity index (χ2n) is 7.39. The number of methoxy groups -OCH3 is 2. The number of rotatable bonds is 5. The van der Waals surface area contributed by atoms with Gasteiger partial charge in [-0.05, 0) is 35.9 Å². The van der Waals surface area contributed by atoms with Gasteiger partial charge in [-0.1, -0.05) is 36.4 Å². The van der Waals surface area contributed by atoms with Crippen LogP contribution in [-0.2, 0) is 21.2 Å². The Balaban J connectivity index is 1.84. The highest BCUT2D eigenvalue weighted by Gasteiger charge is 2.39. The van der Waals surface area contributed by atoms with Gasteiger partial charge in [0.15, 0.2) is 21.3 Å². The van der Waals surface area contributed by atoms with Crippen LogP contribution in [0.1, 0.15) is 22.8 Å².